The van der Waals surface area contributed by atoms with Crippen LogP contribution in [0.3, 0.4) is 0 Å². The molecule has 42 heavy (non-hydrogen) atoms. The lowest BCUT2D eigenvalue weighted by Gasteiger charge is -2.16. The number of aliphatic imine (C=N–C) groups is 1. The van der Waals surface area contributed by atoms with E-state index in [1.165, 1.54) is 42.2 Å². The van der Waals surface area contributed by atoms with Gasteiger partial charge in [0, 0.05) is 17.5 Å². The second kappa shape index (κ2) is 11.6. The third-order valence-electron chi connectivity index (χ3n) is 8.14. The Hall–Kier alpha value is -4.80. The minimum atomic E-state index is -0.971. The first-order chi connectivity index (χ1) is 20.4. The Morgan fingerprint density at radius 2 is 1.79 bits per heavy atom. The number of hydrogen-bond donors (Lipinski definition) is 1. The quantitative estimate of drug-likeness (QED) is 0.206. The molecule has 0 radical (unpaired) electrons. The number of nitrogens with one attached hydrogen (secondary N) is 1. The molecule has 3 aliphatic carbocycles. The van der Waals surface area contributed by atoms with Gasteiger partial charge in [0.25, 0.3) is 0 Å². The van der Waals surface area contributed by atoms with Gasteiger partial charge >= 0.3 is 0 Å². The molecule has 0 saturated heterocycles. The highest BCUT2D eigenvalue weighted by atomic mass is 19.1. The monoisotopic (exact) mass is 558 g/mol. The van der Waals surface area contributed by atoms with E-state index >= 15 is 0 Å². The molecule has 1 fully saturated rings. The van der Waals surface area contributed by atoms with Crippen molar-refractivity contribution in [1.82, 2.24) is 0 Å². The Bertz CT molecular complexity index is 1670. The average molecular weight is 559 g/mol. The minimum Gasteiger partial charge on any atom is -0.438 e. The number of fused-ring (bicyclic) bond motifs is 1. The molecule has 1 aliphatic heterocycles. The molecule has 0 amide bonds. The molecule has 6 rings (SSSR count). The van der Waals surface area contributed by atoms with E-state index in [0.717, 1.165) is 35.2 Å². The number of nitrogens with zero attached hydrogens (tertiary/aromatic N) is 1. The Kier molecular flexibility index (Phi) is 7.56. The largest absolute Gasteiger partial charge is 0.438 e. The van der Waals surface area contributed by atoms with E-state index < -0.39 is 5.41 Å². The van der Waals surface area contributed by atoms with Crippen molar-refractivity contribution in [1.29, 1.82) is 0 Å². The minimum absolute atomic E-state index is 0.0411. The van der Waals surface area contributed by atoms with E-state index in [4.69, 9.17) is 4.74 Å². The van der Waals surface area contributed by atoms with Crippen molar-refractivity contribution in [3.8, 4) is 5.75 Å². The molecule has 1 saturated carbocycles. The second-order valence-corrected chi connectivity index (χ2v) is 11.0. The Morgan fingerprint density at radius 1 is 1.05 bits per heavy atom. The highest BCUT2D eigenvalue weighted by molar-refractivity contribution is 6.16. The molecule has 1 N–H and O–H groups in total. The zero-order valence-corrected chi connectivity index (χ0v) is 23.3. The zero-order valence-electron chi connectivity index (χ0n) is 23.3. The summed E-state index contributed by atoms with van der Waals surface area (Å²) in [5.74, 6) is 0.359. The molecule has 2 aromatic rings. The van der Waals surface area contributed by atoms with Gasteiger partial charge in [-0.3, -0.25) is 9.59 Å². The summed E-state index contributed by atoms with van der Waals surface area (Å²) in [4.78, 5) is 30.4. The third kappa shape index (κ3) is 5.81. The van der Waals surface area contributed by atoms with Crippen LogP contribution < -0.4 is 10.1 Å². The fourth-order valence-corrected chi connectivity index (χ4v) is 5.42. The summed E-state index contributed by atoms with van der Waals surface area (Å²) >= 11 is 0. The number of ether oxygens (including phenoxy) is 1. The zero-order chi connectivity index (χ0) is 29.1. The van der Waals surface area contributed by atoms with Gasteiger partial charge in [-0.1, -0.05) is 24.8 Å². The van der Waals surface area contributed by atoms with Crippen LogP contribution in [0.25, 0.3) is 6.08 Å². The van der Waals surface area contributed by atoms with Crippen molar-refractivity contribution in [2.24, 2.45) is 10.4 Å². The number of carbonyl (C=O) groups excluding carboxylic acids is 2. The molecule has 5 nitrogen and oxygen atoms in total. The van der Waals surface area contributed by atoms with Gasteiger partial charge in [-0.25, -0.2) is 9.38 Å². The van der Waals surface area contributed by atoms with Gasteiger partial charge in [0.2, 0.25) is 5.90 Å². The van der Waals surface area contributed by atoms with Gasteiger partial charge in [-0.15, -0.1) is 5.73 Å². The van der Waals surface area contributed by atoms with Gasteiger partial charge in [-0.2, -0.15) is 0 Å². The predicted molar refractivity (Wildman–Crippen MR) is 164 cm³/mol. The number of benzene rings is 2. The highest BCUT2D eigenvalue weighted by Gasteiger charge is 2.54. The van der Waals surface area contributed by atoms with Crippen LogP contribution in [-0.2, 0) is 9.59 Å². The number of Topliss-reactive ketones (excluding diaryl/α,β-unsaturated/α-hetero) is 1. The van der Waals surface area contributed by atoms with Crippen LogP contribution >= 0.6 is 0 Å². The van der Waals surface area contributed by atoms with E-state index in [1.54, 1.807) is 24.4 Å². The van der Waals surface area contributed by atoms with Crippen LogP contribution in [0.2, 0.25) is 0 Å². The van der Waals surface area contributed by atoms with Gasteiger partial charge in [-0.05, 0) is 122 Å². The second-order valence-electron chi connectivity index (χ2n) is 11.0. The first-order valence-corrected chi connectivity index (χ1v) is 14.3. The first-order valence-electron chi connectivity index (χ1n) is 14.3. The molecule has 1 heterocycles. The van der Waals surface area contributed by atoms with Crippen molar-refractivity contribution in [3.05, 3.63) is 131 Å². The SMILES string of the molecule is C=C1C=CN=C(Oc2ccc(NCC(=O)C3(C(=O)/C=C/c4ccc(F)cc4)CC3)cc2)C2=C=CC3=C(C=C12)CCCC3. The molecular weight excluding hydrogens is 527 g/mol. The van der Waals surface area contributed by atoms with E-state index in [9.17, 15) is 14.0 Å². The number of hydrogen-bond acceptors (Lipinski definition) is 5. The summed E-state index contributed by atoms with van der Waals surface area (Å²) < 4.78 is 19.3. The maximum absolute atomic E-state index is 13.1. The fraction of sp³-hybridized carbons (Fsp3) is 0.222. The standard InChI is InChI=1S/C36H31FN2O3/c1-24-18-21-38-35(31-16-9-26-4-2-3-5-27(26)22-32(24)31)42-30-14-12-29(13-15-30)39-23-34(41)36(19-20-36)33(40)17-8-25-6-10-28(37)11-7-25/h6-15,17-18,21-22,39H,1-5,19-20,23H2/b17-8+. The van der Waals surface area contributed by atoms with E-state index in [2.05, 4.69) is 34.8 Å². The Morgan fingerprint density at radius 3 is 2.52 bits per heavy atom. The molecule has 4 aliphatic rings. The maximum atomic E-state index is 13.1. The molecule has 2 aromatic carbocycles. The molecule has 0 bridgehead atoms. The lowest BCUT2D eigenvalue weighted by Crippen LogP contribution is -2.30. The topological polar surface area (TPSA) is 67.8 Å². The number of carbonyl (C=O) groups is 2. The highest BCUT2D eigenvalue weighted by Crippen LogP contribution is 2.48. The summed E-state index contributed by atoms with van der Waals surface area (Å²) in [5, 5.41) is 3.14. The van der Waals surface area contributed by atoms with Gasteiger partial charge in [0.15, 0.2) is 11.6 Å². The molecular formula is C36H31FN2O3. The molecule has 0 spiro atoms. The molecule has 0 atom stereocenters. The van der Waals surface area contributed by atoms with Crippen LogP contribution in [0.5, 0.6) is 5.75 Å². The number of halogens is 1. The summed E-state index contributed by atoms with van der Waals surface area (Å²) in [6, 6.07) is 13.2. The summed E-state index contributed by atoms with van der Waals surface area (Å²) in [6.07, 6.45) is 16.4. The number of anilines is 1. The molecule has 0 unspecified atom stereocenters. The molecule has 0 aromatic heterocycles. The molecule has 6 heteroatoms. The van der Waals surface area contributed by atoms with E-state index in [1.807, 2.05) is 30.3 Å². The van der Waals surface area contributed by atoms with E-state index in [-0.39, 0.29) is 23.9 Å². The predicted octanol–water partition coefficient (Wildman–Crippen LogP) is 7.62. The normalized spacial score (nSPS) is 18.7. The van der Waals surface area contributed by atoms with Crippen molar-refractivity contribution >= 4 is 29.2 Å². The third-order valence-corrected chi connectivity index (χ3v) is 8.14. The van der Waals surface area contributed by atoms with Crippen LogP contribution in [0.4, 0.5) is 10.1 Å². The van der Waals surface area contributed by atoms with Gasteiger partial charge < -0.3 is 10.1 Å². The van der Waals surface area contributed by atoms with Crippen LogP contribution in [0.1, 0.15) is 44.1 Å². The van der Waals surface area contributed by atoms with Crippen molar-refractivity contribution in [2.45, 2.75) is 38.5 Å². The van der Waals surface area contributed by atoms with Gasteiger partial charge in [0.1, 0.15) is 11.6 Å². The Balaban J connectivity index is 1.09. The fourth-order valence-electron chi connectivity index (χ4n) is 5.42. The summed E-state index contributed by atoms with van der Waals surface area (Å²) in [5.41, 5.74) is 9.17. The lowest BCUT2D eigenvalue weighted by atomic mass is 9.90. The average Bonchev–Trinajstić information content (AvgIpc) is 3.84. The number of ketones is 2. The first kappa shape index (κ1) is 27.4. The van der Waals surface area contributed by atoms with E-state index in [0.29, 0.717) is 30.1 Å². The lowest BCUT2D eigenvalue weighted by molar-refractivity contribution is -0.130. The van der Waals surface area contributed by atoms with Gasteiger partial charge in [0.05, 0.1) is 17.5 Å². The summed E-state index contributed by atoms with van der Waals surface area (Å²) in [6.45, 7) is 4.27. The maximum Gasteiger partial charge on any atom is 0.235 e. The Labute approximate surface area is 244 Å². The smallest absolute Gasteiger partial charge is 0.235 e. The van der Waals surface area contributed by atoms with Crippen LogP contribution in [0.15, 0.2) is 124 Å². The number of rotatable bonds is 8. The number of allylic oxidation sites excluding steroid dienone is 6. The van der Waals surface area contributed by atoms with Crippen LogP contribution in [0, 0.1) is 11.2 Å². The van der Waals surface area contributed by atoms with Crippen molar-refractivity contribution < 1.29 is 18.7 Å². The molecule has 210 valence electrons. The van der Waals surface area contributed by atoms with Crippen molar-refractivity contribution in [3.63, 3.8) is 0 Å². The van der Waals surface area contributed by atoms with Crippen molar-refractivity contribution in [2.75, 3.05) is 11.9 Å². The van der Waals surface area contributed by atoms with Crippen LogP contribution in [-0.4, -0.2) is 24.0 Å². The summed E-state index contributed by atoms with van der Waals surface area (Å²) in [7, 11) is 0.